The minimum absolute atomic E-state index is 0. The molecule has 7 heteroatoms. The zero-order chi connectivity index (χ0) is 15.2. The van der Waals surface area contributed by atoms with Gasteiger partial charge in [-0.15, -0.1) is 31.4 Å². The van der Waals surface area contributed by atoms with E-state index in [4.69, 9.17) is 14.2 Å². The van der Waals surface area contributed by atoms with Crippen molar-refractivity contribution in [1.29, 1.82) is 0 Å². The molecule has 0 spiro atoms. The summed E-state index contributed by atoms with van der Waals surface area (Å²) < 4.78 is 16.2. The van der Waals surface area contributed by atoms with Crippen LogP contribution in [-0.2, 0) is 0 Å². The first-order valence-corrected chi connectivity index (χ1v) is 7.12. The van der Waals surface area contributed by atoms with Crippen molar-refractivity contribution in [1.82, 2.24) is 10.2 Å². The Labute approximate surface area is 150 Å². The van der Waals surface area contributed by atoms with Crippen LogP contribution in [0.4, 0.5) is 0 Å². The number of hydrogen-bond donors (Lipinski definition) is 1. The monoisotopic (exact) mass is 364 g/mol. The molecular formula is C16H26Cl2N2O3. The zero-order valence-corrected chi connectivity index (χ0v) is 15.5. The molecule has 1 aromatic rings. The van der Waals surface area contributed by atoms with Crippen molar-refractivity contribution in [3.05, 3.63) is 30.4 Å². The van der Waals surface area contributed by atoms with Gasteiger partial charge in [-0.1, -0.05) is 6.08 Å². The van der Waals surface area contributed by atoms with Gasteiger partial charge in [-0.3, -0.25) is 4.90 Å². The molecule has 1 aromatic carbocycles. The van der Waals surface area contributed by atoms with Gasteiger partial charge in [-0.2, -0.15) is 0 Å². The second kappa shape index (κ2) is 10.6. The van der Waals surface area contributed by atoms with E-state index in [1.54, 1.807) is 21.3 Å². The van der Waals surface area contributed by atoms with Gasteiger partial charge in [0.1, 0.15) is 0 Å². The summed E-state index contributed by atoms with van der Waals surface area (Å²) in [5, 5.41) is 3.36. The molecule has 1 heterocycles. The van der Waals surface area contributed by atoms with Crippen LogP contribution >= 0.6 is 24.8 Å². The van der Waals surface area contributed by atoms with Gasteiger partial charge in [0, 0.05) is 26.2 Å². The van der Waals surface area contributed by atoms with Gasteiger partial charge < -0.3 is 19.5 Å². The number of hydrogen-bond acceptors (Lipinski definition) is 5. The van der Waals surface area contributed by atoms with Gasteiger partial charge in [0.25, 0.3) is 0 Å². The van der Waals surface area contributed by atoms with Gasteiger partial charge in [0.2, 0.25) is 5.75 Å². The first kappa shape index (κ1) is 21.9. The molecule has 1 N–H and O–H groups in total. The SMILES string of the molecule is C=C[C@H](c1cc(OC)c(OC)c(OC)c1)N1CCNCC1.Cl.Cl. The fraction of sp³-hybridized carbons (Fsp3) is 0.500. The molecule has 0 amide bonds. The third-order valence-corrected chi connectivity index (χ3v) is 3.80. The van der Waals surface area contributed by atoms with Crippen molar-refractivity contribution in [2.24, 2.45) is 0 Å². The third kappa shape index (κ3) is 4.91. The van der Waals surface area contributed by atoms with Crippen LogP contribution < -0.4 is 19.5 Å². The smallest absolute Gasteiger partial charge is 0.203 e. The van der Waals surface area contributed by atoms with E-state index in [2.05, 4.69) is 16.8 Å². The molecular weight excluding hydrogens is 339 g/mol. The highest BCUT2D eigenvalue weighted by atomic mass is 35.5. The second-order valence-corrected chi connectivity index (χ2v) is 4.93. The van der Waals surface area contributed by atoms with E-state index in [1.165, 1.54) is 0 Å². The standard InChI is InChI=1S/C16H24N2O3.2ClH/c1-5-13(18-8-6-17-7-9-18)12-10-14(19-2)16(21-4)15(11-12)20-3;;/h5,10-11,13,17H,1,6-9H2,2-4H3;2*1H/t13-;;/m1../s1. The quantitative estimate of drug-likeness (QED) is 0.786. The van der Waals surface area contributed by atoms with Gasteiger partial charge in [-0.05, 0) is 17.7 Å². The Morgan fingerprint density at radius 3 is 1.96 bits per heavy atom. The molecule has 5 nitrogen and oxygen atoms in total. The lowest BCUT2D eigenvalue weighted by atomic mass is 10.0. The Bertz CT molecular complexity index is 469. The highest BCUT2D eigenvalue weighted by Crippen LogP contribution is 2.40. The molecule has 1 saturated heterocycles. The number of benzene rings is 1. The number of ether oxygens (including phenoxy) is 3. The first-order chi connectivity index (χ1) is 10.2. The fourth-order valence-corrected chi connectivity index (χ4v) is 2.73. The predicted molar refractivity (Wildman–Crippen MR) is 98.0 cm³/mol. The maximum absolute atomic E-state index is 5.43. The topological polar surface area (TPSA) is 43.0 Å². The minimum Gasteiger partial charge on any atom is -0.493 e. The molecule has 0 aliphatic carbocycles. The van der Waals surface area contributed by atoms with E-state index in [1.807, 2.05) is 18.2 Å². The Hall–Kier alpha value is -1.14. The molecule has 23 heavy (non-hydrogen) atoms. The molecule has 1 atom stereocenters. The molecule has 1 aliphatic rings. The third-order valence-electron chi connectivity index (χ3n) is 3.80. The zero-order valence-electron chi connectivity index (χ0n) is 13.8. The van der Waals surface area contributed by atoms with E-state index in [-0.39, 0.29) is 30.9 Å². The molecule has 0 unspecified atom stereocenters. The van der Waals surface area contributed by atoms with Crippen LogP contribution in [0.25, 0.3) is 0 Å². The Balaban J connectivity index is 0.00000242. The van der Waals surface area contributed by atoms with E-state index in [9.17, 15) is 0 Å². The summed E-state index contributed by atoms with van der Waals surface area (Å²) in [7, 11) is 4.88. The van der Waals surface area contributed by atoms with Crippen molar-refractivity contribution in [3.63, 3.8) is 0 Å². The largest absolute Gasteiger partial charge is 0.493 e. The van der Waals surface area contributed by atoms with Crippen LogP contribution in [0.5, 0.6) is 17.2 Å². The van der Waals surface area contributed by atoms with Gasteiger partial charge in [0.15, 0.2) is 11.5 Å². The molecule has 0 bridgehead atoms. The minimum atomic E-state index is 0. The lowest BCUT2D eigenvalue weighted by Gasteiger charge is -2.33. The summed E-state index contributed by atoms with van der Waals surface area (Å²) in [5.41, 5.74) is 1.10. The fourth-order valence-electron chi connectivity index (χ4n) is 2.73. The maximum atomic E-state index is 5.43. The lowest BCUT2D eigenvalue weighted by molar-refractivity contribution is 0.202. The van der Waals surface area contributed by atoms with E-state index in [0.717, 1.165) is 31.7 Å². The molecule has 0 saturated carbocycles. The molecule has 1 aliphatic heterocycles. The summed E-state index contributed by atoms with van der Waals surface area (Å²) in [6, 6.07) is 4.13. The summed E-state index contributed by atoms with van der Waals surface area (Å²) >= 11 is 0. The van der Waals surface area contributed by atoms with Crippen LogP contribution in [0, 0.1) is 0 Å². The highest BCUT2D eigenvalue weighted by molar-refractivity contribution is 5.85. The average molecular weight is 365 g/mol. The predicted octanol–water partition coefficient (Wildman–Crippen LogP) is 2.69. The number of nitrogens with one attached hydrogen (secondary N) is 1. The average Bonchev–Trinajstić information content (AvgIpc) is 2.55. The van der Waals surface area contributed by atoms with Crippen LogP contribution in [0.1, 0.15) is 11.6 Å². The second-order valence-electron chi connectivity index (χ2n) is 4.93. The molecule has 2 rings (SSSR count). The lowest BCUT2D eigenvalue weighted by Crippen LogP contribution is -2.44. The maximum Gasteiger partial charge on any atom is 0.203 e. The molecule has 132 valence electrons. The van der Waals surface area contributed by atoms with Crippen molar-refractivity contribution in [3.8, 4) is 17.2 Å². The van der Waals surface area contributed by atoms with Crippen LogP contribution in [0.3, 0.4) is 0 Å². The normalized spacial score (nSPS) is 15.6. The van der Waals surface area contributed by atoms with Crippen molar-refractivity contribution in [2.45, 2.75) is 6.04 Å². The Morgan fingerprint density at radius 2 is 1.57 bits per heavy atom. The van der Waals surface area contributed by atoms with E-state index in [0.29, 0.717) is 17.2 Å². The number of piperazine rings is 1. The van der Waals surface area contributed by atoms with Crippen molar-refractivity contribution < 1.29 is 14.2 Å². The Morgan fingerprint density at radius 1 is 1.04 bits per heavy atom. The number of nitrogens with zero attached hydrogens (tertiary/aromatic N) is 1. The highest BCUT2D eigenvalue weighted by Gasteiger charge is 2.22. The van der Waals surface area contributed by atoms with Crippen LogP contribution in [-0.4, -0.2) is 52.4 Å². The van der Waals surface area contributed by atoms with Crippen molar-refractivity contribution in [2.75, 3.05) is 47.5 Å². The Kier molecular flexibility index (Phi) is 10.1. The van der Waals surface area contributed by atoms with Gasteiger partial charge in [-0.25, -0.2) is 0 Å². The van der Waals surface area contributed by atoms with Crippen LogP contribution in [0.2, 0.25) is 0 Å². The molecule has 1 fully saturated rings. The van der Waals surface area contributed by atoms with Crippen molar-refractivity contribution >= 4 is 24.8 Å². The summed E-state index contributed by atoms with van der Waals surface area (Å²) in [5.74, 6) is 1.97. The van der Waals surface area contributed by atoms with Gasteiger partial charge in [0.05, 0.1) is 27.4 Å². The van der Waals surface area contributed by atoms with Gasteiger partial charge >= 0.3 is 0 Å². The molecule has 0 radical (unpaired) electrons. The number of methoxy groups -OCH3 is 3. The van der Waals surface area contributed by atoms with Crippen LogP contribution in [0.15, 0.2) is 24.8 Å². The number of rotatable bonds is 6. The number of halogens is 2. The summed E-state index contributed by atoms with van der Waals surface area (Å²) in [6.45, 7) is 7.97. The summed E-state index contributed by atoms with van der Waals surface area (Å²) in [4.78, 5) is 2.39. The van der Waals surface area contributed by atoms with E-state index < -0.39 is 0 Å². The first-order valence-electron chi connectivity index (χ1n) is 7.12. The summed E-state index contributed by atoms with van der Waals surface area (Å²) in [6.07, 6.45) is 1.96. The molecule has 0 aromatic heterocycles. The van der Waals surface area contributed by atoms with E-state index >= 15 is 0 Å².